The van der Waals surface area contributed by atoms with Crippen molar-refractivity contribution in [1.82, 2.24) is 0 Å². The Labute approximate surface area is 205 Å². The number of fused-ring (bicyclic) bond motifs is 2. The van der Waals surface area contributed by atoms with Gasteiger partial charge in [-0.2, -0.15) is 20.2 Å². The van der Waals surface area contributed by atoms with Gasteiger partial charge >= 0.3 is 5.82 Å². The Bertz CT molecular complexity index is 1640. The van der Waals surface area contributed by atoms with Crippen LogP contribution in [0, 0.1) is 47.4 Å². The van der Waals surface area contributed by atoms with Gasteiger partial charge in [-0.15, -0.1) is 0 Å². The van der Waals surface area contributed by atoms with E-state index in [9.17, 15) is 19.3 Å². The molecule has 3 aromatic carbocycles. The second-order valence-corrected chi connectivity index (χ2v) is 8.39. The standard InChI is InChI=1S/C30H14F2N4/c1-35-30(36-2)27-14-20-12-24-19(11-25(20)29(27)18-5-9-23(32)10-6-18)13-26(21(15-33)16-34)28(24)17-3-7-22(31)8-4-17/h3-12H,13-14H2. The molecular weight excluding hydrogens is 454 g/mol. The van der Waals surface area contributed by atoms with Gasteiger partial charge in [-0.05, 0) is 92.2 Å². The van der Waals surface area contributed by atoms with Crippen molar-refractivity contribution in [2.45, 2.75) is 12.8 Å². The van der Waals surface area contributed by atoms with Crippen molar-refractivity contribution in [2.75, 3.05) is 0 Å². The smallest absolute Gasteiger partial charge is 0.207 e. The fourth-order valence-electron chi connectivity index (χ4n) is 4.95. The van der Waals surface area contributed by atoms with Gasteiger partial charge in [0.15, 0.2) is 0 Å². The van der Waals surface area contributed by atoms with Gasteiger partial charge in [0.1, 0.15) is 42.5 Å². The van der Waals surface area contributed by atoms with Crippen LogP contribution in [0.3, 0.4) is 0 Å². The monoisotopic (exact) mass is 468 g/mol. The summed E-state index contributed by atoms with van der Waals surface area (Å²) in [6.45, 7) is 15.0. The first kappa shape index (κ1) is 22.5. The summed E-state index contributed by atoms with van der Waals surface area (Å²) in [6, 6.07) is 19.7. The first-order valence-corrected chi connectivity index (χ1v) is 10.9. The van der Waals surface area contributed by atoms with Crippen LogP contribution in [-0.4, -0.2) is 0 Å². The van der Waals surface area contributed by atoms with Crippen molar-refractivity contribution in [2.24, 2.45) is 0 Å². The number of nitriles is 2. The highest BCUT2D eigenvalue weighted by Gasteiger charge is 2.30. The molecule has 2 aliphatic rings. The van der Waals surface area contributed by atoms with Gasteiger partial charge in [0.05, 0.1) is 5.57 Å². The third-order valence-corrected chi connectivity index (χ3v) is 6.48. The molecule has 0 atom stereocenters. The molecule has 36 heavy (non-hydrogen) atoms. The summed E-state index contributed by atoms with van der Waals surface area (Å²) >= 11 is 0. The van der Waals surface area contributed by atoms with Crippen LogP contribution in [0.15, 0.2) is 83.2 Å². The average molecular weight is 468 g/mol. The van der Waals surface area contributed by atoms with E-state index >= 15 is 0 Å². The quantitative estimate of drug-likeness (QED) is 0.398. The van der Waals surface area contributed by atoms with Crippen LogP contribution in [0.2, 0.25) is 0 Å². The molecule has 0 bridgehead atoms. The first-order valence-electron chi connectivity index (χ1n) is 10.9. The van der Waals surface area contributed by atoms with Crippen LogP contribution in [0.4, 0.5) is 8.78 Å². The van der Waals surface area contributed by atoms with Gasteiger partial charge in [0, 0.05) is 6.42 Å². The van der Waals surface area contributed by atoms with E-state index in [0.29, 0.717) is 46.3 Å². The first-order chi connectivity index (χ1) is 17.5. The maximum absolute atomic E-state index is 13.7. The van der Waals surface area contributed by atoms with Crippen LogP contribution in [0.25, 0.3) is 20.8 Å². The minimum Gasteiger partial charge on any atom is -0.207 e. The number of benzene rings is 3. The minimum absolute atomic E-state index is 0.00249. The molecule has 0 spiro atoms. The van der Waals surface area contributed by atoms with E-state index in [1.165, 1.54) is 24.3 Å². The van der Waals surface area contributed by atoms with Crippen molar-refractivity contribution >= 4 is 11.1 Å². The molecule has 0 unspecified atom stereocenters. The molecule has 6 heteroatoms. The van der Waals surface area contributed by atoms with Crippen molar-refractivity contribution in [3.05, 3.63) is 150 Å². The van der Waals surface area contributed by atoms with E-state index in [2.05, 4.69) is 9.69 Å². The van der Waals surface area contributed by atoms with Gasteiger partial charge < -0.3 is 0 Å². The second-order valence-electron chi connectivity index (χ2n) is 8.39. The predicted molar refractivity (Wildman–Crippen MR) is 129 cm³/mol. The molecule has 5 rings (SSSR count). The largest absolute Gasteiger partial charge is 0.523 e. The fourth-order valence-corrected chi connectivity index (χ4v) is 4.95. The Morgan fingerprint density at radius 3 is 1.53 bits per heavy atom. The lowest BCUT2D eigenvalue weighted by Crippen LogP contribution is -2.17. The third kappa shape index (κ3) is 3.56. The highest BCUT2D eigenvalue weighted by Crippen LogP contribution is 2.34. The minimum atomic E-state index is -0.392. The average Bonchev–Trinajstić information content (AvgIpc) is 3.43. The third-order valence-electron chi connectivity index (χ3n) is 6.48. The molecule has 0 saturated carbocycles. The van der Waals surface area contributed by atoms with Crippen molar-refractivity contribution < 1.29 is 8.78 Å². The molecule has 3 aromatic rings. The zero-order valence-corrected chi connectivity index (χ0v) is 18.7. The SMILES string of the molecule is [C-]#[N+]C([N+]#[C-])=C1Cc2cc3c(cc2=C1c1ccc(F)cc1)CC(=C(C#N)C#N)C=3c1ccc(F)cc1. The number of hydrogen-bond acceptors (Lipinski definition) is 2. The van der Waals surface area contributed by atoms with Gasteiger partial charge in [0.2, 0.25) is 0 Å². The molecule has 0 radical (unpaired) electrons. The van der Waals surface area contributed by atoms with E-state index in [1.807, 2.05) is 24.3 Å². The lowest BCUT2D eigenvalue weighted by atomic mass is 9.95. The zero-order chi connectivity index (χ0) is 25.4. The molecule has 0 N–H and O–H groups in total. The van der Waals surface area contributed by atoms with Crippen LogP contribution in [0.5, 0.6) is 0 Å². The van der Waals surface area contributed by atoms with E-state index in [-0.39, 0.29) is 17.2 Å². The molecule has 168 valence electrons. The van der Waals surface area contributed by atoms with Gasteiger partial charge in [-0.25, -0.2) is 8.78 Å². The normalized spacial score (nSPS) is 13.3. The molecule has 0 fully saturated rings. The molecule has 0 saturated heterocycles. The summed E-state index contributed by atoms with van der Waals surface area (Å²) in [5.41, 5.74) is 5.69. The topological polar surface area (TPSA) is 56.3 Å². The summed E-state index contributed by atoms with van der Waals surface area (Å²) in [7, 11) is 0. The highest BCUT2D eigenvalue weighted by molar-refractivity contribution is 5.88. The molecular formula is C30H14F2N4. The van der Waals surface area contributed by atoms with Crippen molar-refractivity contribution in [1.29, 1.82) is 10.5 Å². The van der Waals surface area contributed by atoms with Crippen LogP contribution < -0.4 is 10.4 Å². The Kier molecular flexibility index (Phi) is 5.50. The molecule has 4 nitrogen and oxygen atoms in total. The van der Waals surface area contributed by atoms with Crippen molar-refractivity contribution in [3.63, 3.8) is 0 Å². The van der Waals surface area contributed by atoms with E-state index in [4.69, 9.17) is 13.1 Å². The molecule has 0 heterocycles. The summed E-state index contributed by atoms with van der Waals surface area (Å²) in [6.07, 6.45) is 0.675. The highest BCUT2D eigenvalue weighted by atomic mass is 19.1. The number of allylic oxidation sites excluding steroid dienone is 3. The Morgan fingerprint density at radius 1 is 0.694 bits per heavy atom. The van der Waals surface area contributed by atoms with Gasteiger partial charge in [-0.1, -0.05) is 24.3 Å². The number of nitrogens with zero attached hydrogens (tertiary/aromatic N) is 4. The van der Waals surface area contributed by atoms with E-state index in [1.54, 1.807) is 24.3 Å². The summed E-state index contributed by atoms with van der Waals surface area (Å²) < 4.78 is 27.3. The Balaban J connectivity index is 1.88. The molecule has 0 aliphatic heterocycles. The number of halogens is 2. The predicted octanol–water partition coefficient (Wildman–Crippen LogP) is 4.87. The fraction of sp³-hybridized carbons (Fsp3) is 0.0667. The Hall–Kier alpha value is -5.30. The number of hydrogen-bond donors (Lipinski definition) is 0. The zero-order valence-electron chi connectivity index (χ0n) is 18.7. The Morgan fingerprint density at radius 2 is 1.11 bits per heavy atom. The summed E-state index contributed by atoms with van der Waals surface area (Å²) in [5, 5.41) is 20.9. The van der Waals surface area contributed by atoms with Gasteiger partial charge in [-0.3, -0.25) is 0 Å². The van der Waals surface area contributed by atoms with Crippen molar-refractivity contribution in [3.8, 4) is 12.1 Å². The van der Waals surface area contributed by atoms with Crippen LogP contribution in [0.1, 0.15) is 22.3 Å². The molecule has 0 amide bonds. The van der Waals surface area contributed by atoms with E-state index < -0.39 is 5.82 Å². The summed E-state index contributed by atoms with van der Waals surface area (Å²) in [5.74, 6) is -0.816. The molecule has 0 aromatic heterocycles. The summed E-state index contributed by atoms with van der Waals surface area (Å²) in [4.78, 5) is 6.86. The van der Waals surface area contributed by atoms with E-state index in [0.717, 1.165) is 21.6 Å². The lowest BCUT2D eigenvalue weighted by molar-refractivity contribution is 0.627. The van der Waals surface area contributed by atoms with Crippen LogP contribution >= 0.6 is 0 Å². The van der Waals surface area contributed by atoms with Crippen LogP contribution in [-0.2, 0) is 12.8 Å². The second kappa shape index (κ2) is 8.81. The maximum atomic E-state index is 13.7. The maximum Gasteiger partial charge on any atom is 0.523 e. The molecule has 2 aliphatic carbocycles. The lowest BCUT2D eigenvalue weighted by Gasteiger charge is -2.06. The van der Waals surface area contributed by atoms with Gasteiger partial charge in [0.25, 0.3) is 0 Å². The number of rotatable bonds is 2.